The number of sulfonamides is 1. The maximum Gasteiger partial charge on any atom is 0.238 e. The molecule has 0 aliphatic rings. The minimum Gasteiger partial charge on any atom is -0.288 e. The number of benzene rings is 3. The minimum absolute atomic E-state index is 0.0265. The molecule has 0 atom stereocenters. The van der Waals surface area contributed by atoms with Crippen molar-refractivity contribution in [1.29, 1.82) is 0 Å². The van der Waals surface area contributed by atoms with E-state index in [0.717, 1.165) is 26.3 Å². The molecule has 0 spiro atoms. The van der Waals surface area contributed by atoms with E-state index < -0.39 is 10.0 Å². The lowest BCUT2D eigenvalue weighted by atomic mass is 9.97. The molecule has 3 aromatic carbocycles. The molecule has 0 aliphatic heterocycles. The van der Waals surface area contributed by atoms with E-state index in [0.29, 0.717) is 16.0 Å². The fourth-order valence-corrected chi connectivity index (χ4v) is 5.23. The van der Waals surface area contributed by atoms with Crippen LogP contribution in [0.5, 0.6) is 0 Å². The maximum absolute atomic E-state index is 13.4. The largest absolute Gasteiger partial charge is 0.288 e. The van der Waals surface area contributed by atoms with E-state index in [2.05, 4.69) is 0 Å². The van der Waals surface area contributed by atoms with Crippen LogP contribution in [0.2, 0.25) is 5.02 Å². The Hall–Kier alpha value is -2.51. The molecule has 0 saturated carbocycles. The Morgan fingerprint density at radius 3 is 2.31 bits per heavy atom. The molecular formula is C22H16ClNO3S2. The Balaban J connectivity index is 2.06. The molecule has 0 aliphatic carbocycles. The van der Waals surface area contributed by atoms with E-state index in [1.807, 2.05) is 43.3 Å². The second-order valence-electron chi connectivity index (χ2n) is 6.66. The molecule has 4 aromatic rings. The van der Waals surface area contributed by atoms with Crippen molar-refractivity contribution in [1.82, 2.24) is 0 Å². The molecule has 0 saturated heterocycles. The second-order valence-corrected chi connectivity index (χ2v) is 9.71. The van der Waals surface area contributed by atoms with Crippen LogP contribution in [0.1, 0.15) is 5.56 Å². The van der Waals surface area contributed by atoms with E-state index in [1.165, 1.54) is 23.5 Å². The van der Waals surface area contributed by atoms with Crippen LogP contribution in [-0.2, 0) is 10.0 Å². The topological polar surface area (TPSA) is 77.2 Å². The van der Waals surface area contributed by atoms with E-state index in [4.69, 9.17) is 16.7 Å². The molecule has 0 amide bonds. The first kappa shape index (κ1) is 19.8. The fraction of sp³-hybridized carbons (Fsp3) is 0.0455. The van der Waals surface area contributed by atoms with Crippen molar-refractivity contribution < 1.29 is 8.42 Å². The summed E-state index contributed by atoms with van der Waals surface area (Å²) in [5.41, 5.74) is 2.93. The van der Waals surface area contributed by atoms with Crippen molar-refractivity contribution in [3.8, 4) is 21.6 Å². The van der Waals surface area contributed by atoms with Gasteiger partial charge >= 0.3 is 0 Å². The molecule has 0 radical (unpaired) electrons. The van der Waals surface area contributed by atoms with Gasteiger partial charge in [0.25, 0.3) is 0 Å². The Labute approximate surface area is 177 Å². The number of hydrogen-bond donors (Lipinski definition) is 1. The van der Waals surface area contributed by atoms with E-state index in [1.54, 1.807) is 18.2 Å². The maximum atomic E-state index is 13.4. The van der Waals surface area contributed by atoms with Crippen LogP contribution < -0.4 is 10.6 Å². The summed E-state index contributed by atoms with van der Waals surface area (Å²) in [5, 5.41) is 6.46. The Morgan fingerprint density at radius 2 is 1.66 bits per heavy atom. The van der Waals surface area contributed by atoms with Crippen LogP contribution in [0, 0.1) is 6.92 Å². The molecule has 146 valence electrons. The standard InChI is InChI=1S/C22H16ClNO3S2/c1-13-12-15(23)8-11-17(13)20-21(25)18-4-2-3-5-19(18)28-22(20)14-6-9-16(10-7-14)29(24,26)27/h2-12H,1H3,(H2,24,26,27). The zero-order chi connectivity index (χ0) is 20.8. The van der Waals surface area contributed by atoms with Gasteiger partial charge < -0.3 is 0 Å². The average Bonchev–Trinajstić information content (AvgIpc) is 2.68. The Bertz CT molecular complexity index is 1410. The van der Waals surface area contributed by atoms with Crippen molar-refractivity contribution in [3.05, 3.63) is 87.5 Å². The van der Waals surface area contributed by atoms with Crippen molar-refractivity contribution in [2.24, 2.45) is 5.14 Å². The Morgan fingerprint density at radius 1 is 0.966 bits per heavy atom. The monoisotopic (exact) mass is 441 g/mol. The van der Waals surface area contributed by atoms with E-state index in [9.17, 15) is 13.2 Å². The third-order valence-corrected chi connectivity index (χ3v) is 7.08. The number of fused-ring (bicyclic) bond motifs is 1. The molecule has 1 aromatic heterocycles. The van der Waals surface area contributed by atoms with E-state index >= 15 is 0 Å². The van der Waals surface area contributed by atoms with Crippen LogP contribution in [0.25, 0.3) is 31.7 Å². The normalized spacial score (nSPS) is 11.7. The molecule has 7 heteroatoms. The van der Waals surface area contributed by atoms with Crippen molar-refractivity contribution in [2.75, 3.05) is 0 Å². The van der Waals surface area contributed by atoms with Crippen molar-refractivity contribution in [3.63, 3.8) is 0 Å². The fourth-order valence-electron chi connectivity index (χ4n) is 3.29. The van der Waals surface area contributed by atoms with Gasteiger partial charge in [-0.2, -0.15) is 0 Å². The van der Waals surface area contributed by atoms with Gasteiger partial charge in [0.2, 0.25) is 10.0 Å². The summed E-state index contributed by atoms with van der Waals surface area (Å²) < 4.78 is 24.0. The number of hydrogen-bond acceptors (Lipinski definition) is 4. The molecule has 4 nitrogen and oxygen atoms in total. The summed E-state index contributed by atoms with van der Waals surface area (Å²) in [6.07, 6.45) is 0. The Kier molecular flexibility index (Phi) is 5.04. The number of rotatable bonds is 3. The van der Waals surface area contributed by atoms with Gasteiger partial charge in [-0.3, -0.25) is 4.79 Å². The number of aryl methyl sites for hydroxylation is 1. The van der Waals surface area contributed by atoms with Gasteiger partial charge in [0.05, 0.1) is 4.90 Å². The van der Waals surface area contributed by atoms with Gasteiger partial charge in [-0.05, 0) is 60.0 Å². The third kappa shape index (κ3) is 3.72. The highest BCUT2D eigenvalue weighted by Crippen LogP contribution is 2.38. The van der Waals surface area contributed by atoms with Gasteiger partial charge in [-0.15, -0.1) is 11.3 Å². The summed E-state index contributed by atoms with van der Waals surface area (Å²) in [6.45, 7) is 1.91. The summed E-state index contributed by atoms with van der Waals surface area (Å²) in [4.78, 5) is 14.2. The molecule has 0 bridgehead atoms. The smallest absolute Gasteiger partial charge is 0.238 e. The second kappa shape index (κ2) is 7.39. The van der Waals surface area contributed by atoms with Crippen LogP contribution in [0.4, 0.5) is 0 Å². The molecule has 1 heterocycles. The lowest BCUT2D eigenvalue weighted by molar-refractivity contribution is 0.598. The first-order chi connectivity index (χ1) is 13.8. The summed E-state index contributed by atoms with van der Waals surface area (Å²) >= 11 is 7.60. The zero-order valence-electron chi connectivity index (χ0n) is 15.3. The van der Waals surface area contributed by atoms with Crippen molar-refractivity contribution >= 4 is 43.0 Å². The van der Waals surface area contributed by atoms with Gasteiger partial charge in [0, 0.05) is 25.5 Å². The predicted octanol–water partition coefficient (Wildman–Crippen LogP) is 5.20. The lowest BCUT2D eigenvalue weighted by Gasteiger charge is -2.13. The molecule has 0 fully saturated rings. The van der Waals surface area contributed by atoms with E-state index in [-0.39, 0.29) is 10.3 Å². The van der Waals surface area contributed by atoms with Gasteiger partial charge in [-0.25, -0.2) is 13.6 Å². The first-order valence-corrected chi connectivity index (χ1v) is 11.5. The zero-order valence-corrected chi connectivity index (χ0v) is 17.7. The van der Waals surface area contributed by atoms with Gasteiger partial charge in [0.1, 0.15) is 0 Å². The SMILES string of the molecule is Cc1cc(Cl)ccc1-c1c(-c2ccc(S(N)(=O)=O)cc2)sc2ccccc2c1=O. The third-order valence-electron chi connectivity index (χ3n) is 4.70. The predicted molar refractivity (Wildman–Crippen MR) is 120 cm³/mol. The number of halogens is 1. The number of nitrogens with two attached hydrogens (primary N) is 1. The molecule has 29 heavy (non-hydrogen) atoms. The summed E-state index contributed by atoms with van der Waals surface area (Å²) in [6, 6.07) is 19.1. The van der Waals surface area contributed by atoms with Crippen LogP contribution in [-0.4, -0.2) is 8.42 Å². The quantitative estimate of drug-likeness (QED) is 0.474. The molecule has 2 N–H and O–H groups in total. The van der Waals surface area contributed by atoms with Crippen molar-refractivity contribution in [2.45, 2.75) is 11.8 Å². The number of primary sulfonamides is 1. The van der Waals surface area contributed by atoms with Crippen LogP contribution in [0.15, 0.2) is 76.4 Å². The van der Waals surface area contributed by atoms with Crippen LogP contribution >= 0.6 is 22.9 Å². The summed E-state index contributed by atoms with van der Waals surface area (Å²) in [5.74, 6) is 0. The van der Waals surface area contributed by atoms with Crippen LogP contribution in [0.3, 0.4) is 0 Å². The average molecular weight is 442 g/mol. The molecular weight excluding hydrogens is 426 g/mol. The highest BCUT2D eigenvalue weighted by atomic mass is 35.5. The highest BCUT2D eigenvalue weighted by Gasteiger charge is 2.18. The molecule has 0 unspecified atom stereocenters. The first-order valence-electron chi connectivity index (χ1n) is 8.71. The van der Waals surface area contributed by atoms with Gasteiger partial charge in [-0.1, -0.05) is 41.9 Å². The summed E-state index contributed by atoms with van der Waals surface area (Å²) in [7, 11) is -3.79. The highest BCUT2D eigenvalue weighted by molar-refractivity contribution is 7.89. The lowest BCUT2D eigenvalue weighted by Crippen LogP contribution is -2.11. The minimum atomic E-state index is -3.79. The molecule has 4 rings (SSSR count). The van der Waals surface area contributed by atoms with Gasteiger partial charge in [0.15, 0.2) is 5.43 Å².